The lowest BCUT2D eigenvalue weighted by atomic mass is 10.1. The Kier molecular flexibility index (Phi) is 2.91. The first kappa shape index (κ1) is 11.3. The lowest BCUT2D eigenvalue weighted by Gasteiger charge is -2.05. The van der Waals surface area contributed by atoms with E-state index in [9.17, 15) is 9.18 Å². The number of aromatic nitrogens is 2. The fourth-order valence-electron chi connectivity index (χ4n) is 1.61. The van der Waals surface area contributed by atoms with E-state index in [1.54, 1.807) is 10.8 Å². The highest BCUT2D eigenvalue weighted by atomic mass is 19.1. The van der Waals surface area contributed by atoms with Crippen molar-refractivity contribution in [3.63, 3.8) is 0 Å². The van der Waals surface area contributed by atoms with E-state index >= 15 is 0 Å². The zero-order valence-electron chi connectivity index (χ0n) is 9.35. The third-order valence-electron chi connectivity index (χ3n) is 2.49. The fourth-order valence-corrected chi connectivity index (χ4v) is 1.61. The highest BCUT2D eigenvalue weighted by Crippen LogP contribution is 2.16. The first-order valence-corrected chi connectivity index (χ1v) is 5.24. The van der Waals surface area contributed by atoms with Gasteiger partial charge in [0.05, 0.1) is 5.56 Å². The smallest absolute Gasteiger partial charge is 0.231 e. The van der Waals surface area contributed by atoms with Gasteiger partial charge in [-0.05, 0) is 25.1 Å². The molecule has 0 radical (unpaired) electrons. The van der Waals surface area contributed by atoms with E-state index in [0.717, 1.165) is 0 Å². The summed E-state index contributed by atoms with van der Waals surface area (Å²) >= 11 is 0. The summed E-state index contributed by atoms with van der Waals surface area (Å²) < 4.78 is 15.2. The molecule has 17 heavy (non-hydrogen) atoms. The van der Waals surface area contributed by atoms with Gasteiger partial charge in [0.2, 0.25) is 5.78 Å². The molecule has 0 amide bonds. The van der Waals surface area contributed by atoms with Crippen LogP contribution in [0.5, 0.6) is 0 Å². The van der Waals surface area contributed by atoms with Crippen molar-refractivity contribution in [1.29, 1.82) is 0 Å². The maximum atomic E-state index is 13.5. The third-order valence-corrected chi connectivity index (χ3v) is 2.49. The SMILES string of the molecule is CCn1ccnc1C(=O)c1cc(N)ccc1F. The van der Waals surface area contributed by atoms with Gasteiger partial charge in [0.15, 0.2) is 5.82 Å². The molecule has 0 saturated heterocycles. The Bertz CT molecular complexity index is 563. The summed E-state index contributed by atoms with van der Waals surface area (Å²) in [6, 6.07) is 3.92. The van der Waals surface area contributed by atoms with Crippen LogP contribution in [0.15, 0.2) is 30.6 Å². The minimum Gasteiger partial charge on any atom is -0.399 e. The summed E-state index contributed by atoms with van der Waals surface area (Å²) in [5, 5.41) is 0. The number of nitrogens with two attached hydrogens (primary N) is 1. The molecule has 5 heteroatoms. The van der Waals surface area contributed by atoms with Crippen molar-refractivity contribution in [2.45, 2.75) is 13.5 Å². The number of carbonyl (C=O) groups excluding carboxylic acids is 1. The quantitative estimate of drug-likeness (QED) is 0.650. The number of hydrogen-bond donors (Lipinski definition) is 1. The van der Waals surface area contributed by atoms with E-state index in [2.05, 4.69) is 4.98 Å². The van der Waals surface area contributed by atoms with Crippen LogP contribution in [0.2, 0.25) is 0 Å². The van der Waals surface area contributed by atoms with Crippen LogP contribution in [-0.4, -0.2) is 15.3 Å². The molecule has 0 saturated carbocycles. The zero-order valence-corrected chi connectivity index (χ0v) is 9.35. The maximum absolute atomic E-state index is 13.5. The van der Waals surface area contributed by atoms with Crippen molar-refractivity contribution in [2.24, 2.45) is 0 Å². The molecule has 0 unspecified atom stereocenters. The molecular weight excluding hydrogens is 221 g/mol. The Labute approximate surface area is 97.9 Å². The largest absolute Gasteiger partial charge is 0.399 e. The number of nitrogen functional groups attached to an aromatic ring is 1. The Hall–Kier alpha value is -2.17. The molecule has 0 bridgehead atoms. The molecule has 0 fully saturated rings. The van der Waals surface area contributed by atoms with Gasteiger partial charge >= 0.3 is 0 Å². The van der Waals surface area contributed by atoms with Gasteiger partial charge < -0.3 is 10.3 Å². The average molecular weight is 233 g/mol. The van der Waals surface area contributed by atoms with Crippen molar-refractivity contribution in [3.8, 4) is 0 Å². The lowest BCUT2D eigenvalue weighted by Crippen LogP contribution is -2.12. The van der Waals surface area contributed by atoms with Gasteiger partial charge in [-0.25, -0.2) is 9.37 Å². The Morgan fingerprint density at radius 1 is 1.53 bits per heavy atom. The van der Waals surface area contributed by atoms with E-state index in [-0.39, 0.29) is 11.4 Å². The molecular formula is C12H12FN3O. The lowest BCUT2D eigenvalue weighted by molar-refractivity contribution is 0.102. The van der Waals surface area contributed by atoms with Crippen LogP contribution in [-0.2, 0) is 6.54 Å². The predicted octanol–water partition coefficient (Wildman–Crippen LogP) is 1.86. The third kappa shape index (κ3) is 2.04. The normalized spacial score (nSPS) is 10.5. The Morgan fingerprint density at radius 3 is 3.00 bits per heavy atom. The van der Waals surface area contributed by atoms with E-state index < -0.39 is 11.6 Å². The van der Waals surface area contributed by atoms with Crippen molar-refractivity contribution >= 4 is 11.5 Å². The highest BCUT2D eigenvalue weighted by molar-refractivity contribution is 6.07. The number of halogens is 1. The van der Waals surface area contributed by atoms with E-state index in [1.807, 2.05) is 6.92 Å². The van der Waals surface area contributed by atoms with E-state index in [0.29, 0.717) is 12.2 Å². The first-order chi connectivity index (χ1) is 8.13. The van der Waals surface area contributed by atoms with Gasteiger partial charge in [-0.3, -0.25) is 4.79 Å². The summed E-state index contributed by atoms with van der Waals surface area (Å²) in [6.07, 6.45) is 3.19. The highest BCUT2D eigenvalue weighted by Gasteiger charge is 2.18. The molecule has 4 nitrogen and oxygen atoms in total. The number of nitrogens with zero attached hydrogens (tertiary/aromatic N) is 2. The molecule has 2 rings (SSSR count). The Morgan fingerprint density at radius 2 is 2.29 bits per heavy atom. The van der Waals surface area contributed by atoms with Crippen LogP contribution in [0.3, 0.4) is 0 Å². The summed E-state index contributed by atoms with van der Waals surface area (Å²) in [4.78, 5) is 16.0. The van der Waals surface area contributed by atoms with Crippen LogP contribution in [0.25, 0.3) is 0 Å². The minimum absolute atomic E-state index is 0.0501. The molecule has 0 aliphatic carbocycles. The van der Waals surface area contributed by atoms with Gasteiger partial charge in [0, 0.05) is 24.6 Å². The standard InChI is InChI=1S/C12H12FN3O/c1-2-16-6-5-15-12(16)11(17)9-7-8(14)3-4-10(9)13/h3-7H,2,14H2,1H3. The van der Waals surface area contributed by atoms with Crippen molar-refractivity contribution in [1.82, 2.24) is 9.55 Å². The molecule has 0 aliphatic heterocycles. The van der Waals surface area contributed by atoms with Crippen LogP contribution >= 0.6 is 0 Å². The fraction of sp³-hybridized carbons (Fsp3) is 0.167. The van der Waals surface area contributed by atoms with Crippen LogP contribution in [0, 0.1) is 5.82 Å². The zero-order chi connectivity index (χ0) is 12.4. The number of imidazole rings is 1. The van der Waals surface area contributed by atoms with E-state index in [1.165, 1.54) is 24.4 Å². The maximum Gasteiger partial charge on any atom is 0.231 e. The number of benzene rings is 1. The second-order valence-electron chi connectivity index (χ2n) is 3.61. The van der Waals surface area contributed by atoms with Crippen LogP contribution in [0.1, 0.15) is 23.1 Å². The predicted molar refractivity (Wildman–Crippen MR) is 62.1 cm³/mol. The van der Waals surface area contributed by atoms with Gasteiger partial charge in [0.25, 0.3) is 0 Å². The monoisotopic (exact) mass is 233 g/mol. The molecule has 0 aliphatic rings. The molecule has 1 heterocycles. The second kappa shape index (κ2) is 4.37. The van der Waals surface area contributed by atoms with Crippen LogP contribution in [0.4, 0.5) is 10.1 Å². The molecule has 1 aromatic heterocycles. The first-order valence-electron chi connectivity index (χ1n) is 5.24. The number of ketones is 1. The van der Waals surface area contributed by atoms with Gasteiger partial charge in [0.1, 0.15) is 5.82 Å². The summed E-state index contributed by atoms with van der Waals surface area (Å²) in [5.41, 5.74) is 5.84. The van der Waals surface area contributed by atoms with Gasteiger partial charge in [-0.15, -0.1) is 0 Å². The number of aryl methyl sites for hydroxylation is 1. The topological polar surface area (TPSA) is 60.9 Å². The number of rotatable bonds is 3. The van der Waals surface area contributed by atoms with Crippen LogP contribution < -0.4 is 5.73 Å². The van der Waals surface area contributed by atoms with E-state index in [4.69, 9.17) is 5.73 Å². The molecule has 1 aromatic carbocycles. The summed E-state index contributed by atoms with van der Waals surface area (Å²) in [5.74, 6) is -0.825. The summed E-state index contributed by atoms with van der Waals surface area (Å²) in [7, 11) is 0. The van der Waals surface area contributed by atoms with Crippen molar-refractivity contribution < 1.29 is 9.18 Å². The second-order valence-corrected chi connectivity index (χ2v) is 3.61. The molecule has 0 atom stereocenters. The van der Waals surface area contributed by atoms with Crippen molar-refractivity contribution in [3.05, 3.63) is 47.8 Å². The van der Waals surface area contributed by atoms with Crippen molar-refractivity contribution in [2.75, 3.05) is 5.73 Å². The molecule has 2 N–H and O–H groups in total. The average Bonchev–Trinajstić information content (AvgIpc) is 2.79. The number of carbonyl (C=O) groups is 1. The minimum atomic E-state index is -0.588. The van der Waals surface area contributed by atoms with Gasteiger partial charge in [-0.1, -0.05) is 0 Å². The van der Waals surface area contributed by atoms with Gasteiger partial charge in [-0.2, -0.15) is 0 Å². The number of anilines is 1. The molecule has 0 spiro atoms. The molecule has 88 valence electrons. The Balaban J connectivity index is 2.47. The molecule has 2 aromatic rings. The summed E-state index contributed by atoms with van der Waals surface area (Å²) in [6.45, 7) is 2.49. The number of hydrogen-bond acceptors (Lipinski definition) is 3.